The number of anilines is 1. The van der Waals surface area contributed by atoms with Crippen LogP contribution in [0, 0.1) is 6.92 Å². The first kappa shape index (κ1) is 20.9. The molecule has 0 fully saturated rings. The van der Waals surface area contributed by atoms with Crippen molar-refractivity contribution in [3.05, 3.63) is 53.3 Å². The number of hydrogen-bond acceptors (Lipinski definition) is 5. The number of ether oxygens (including phenoxy) is 2. The Labute approximate surface area is 182 Å². The second kappa shape index (κ2) is 9.20. The Bertz CT molecular complexity index is 1090. The van der Waals surface area contributed by atoms with Gasteiger partial charge in [0.1, 0.15) is 17.3 Å². The van der Waals surface area contributed by atoms with E-state index >= 15 is 0 Å². The molecule has 1 N–H and O–H groups in total. The largest absolute Gasteiger partial charge is 0.497 e. The zero-order chi connectivity index (χ0) is 21.8. The van der Waals surface area contributed by atoms with Crippen LogP contribution in [0.1, 0.15) is 36.2 Å². The molecule has 2 aromatic carbocycles. The van der Waals surface area contributed by atoms with Crippen LogP contribution in [0.25, 0.3) is 11.4 Å². The van der Waals surface area contributed by atoms with Crippen LogP contribution >= 0.6 is 0 Å². The van der Waals surface area contributed by atoms with Gasteiger partial charge in [0.05, 0.1) is 20.6 Å². The molecule has 1 amide bonds. The smallest absolute Gasteiger partial charge is 0.228 e. The van der Waals surface area contributed by atoms with Gasteiger partial charge in [-0.2, -0.15) is 0 Å². The van der Waals surface area contributed by atoms with E-state index in [-0.39, 0.29) is 12.3 Å². The third-order valence-corrected chi connectivity index (χ3v) is 5.72. The summed E-state index contributed by atoms with van der Waals surface area (Å²) in [6.45, 7) is 2.92. The van der Waals surface area contributed by atoms with Gasteiger partial charge in [0.25, 0.3) is 0 Å². The number of methoxy groups -OCH3 is 2. The number of rotatable bonds is 6. The lowest BCUT2D eigenvalue weighted by Gasteiger charge is -2.13. The molecule has 0 saturated carbocycles. The summed E-state index contributed by atoms with van der Waals surface area (Å²) < 4.78 is 12.9. The number of nitrogens with zero attached hydrogens (tertiary/aromatic N) is 3. The van der Waals surface area contributed by atoms with Crippen molar-refractivity contribution in [3.8, 4) is 22.9 Å². The predicted molar refractivity (Wildman–Crippen MR) is 120 cm³/mol. The molecule has 1 aliphatic rings. The van der Waals surface area contributed by atoms with Gasteiger partial charge in [-0.15, -0.1) is 10.2 Å². The first-order valence-electron chi connectivity index (χ1n) is 10.6. The Balaban J connectivity index is 1.55. The number of hydrogen-bond donors (Lipinski definition) is 1. The lowest BCUT2D eigenvalue weighted by Crippen LogP contribution is -2.16. The van der Waals surface area contributed by atoms with Gasteiger partial charge in [-0.3, -0.25) is 4.79 Å². The average Bonchev–Trinajstić information content (AvgIpc) is 3.03. The van der Waals surface area contributed by atoms with E-state index < -0.39 is 0 Å². The second-order valence-corrected chi connectivity index (χ2v) is 7.83. The number of aryl methyl sites for hydroxylation is 2. The van der Waals surface area contributed by atoms with Crippen molar-refractivity contribution in [3.63, 3.8) is 0 Å². The molecule has 0 spiro atoms. The molecule has 162 valence electrons. The lowest BCUT2D eigenvalue weighted by atomic mass is 10.1. The van der Waals surface area contributed by atoms with Gasteiger partial charge in [0.15, 0.2) is 5.82 Å². The van der Waals surface area contributed by atoms with Gasteiger partial charge in [0, 0.05) is 35.8 Å². The summed E-state index contributed by atoms with van der Waals surface area (Å²) in [7, 11) is 3.19. The molecule has 1 aliphatic heterocycles. The van der Waals surface area contributed by atoms with Crippen molar-refractivity contribution in [2.75, 3.05) is 19.5 Å². The monoisotopic (exact) mass is 420 g/mol. The van der Waals surface area contributed by atoms with Crippen molar-refractivity contribution in [2.45, 2.75) is 45.6 Å². The number of amides is 1. The van der Waals surface area contributed by atoms with Crippen molar-refractivity contribution in [1.29, 1.82) is 0 Å². The molecule has 0 bridgehead atoms. The van der Waals surface area contributed by atoms with E-state index in [0.717, 1.165) is 59.8 Å². The van der Waals surface area contributed by atoms with Gasteiger partial charge < -0.3 is 19.4 Å². The minimum absolute atomic E-state index is 0.108. The summed E-state index contributed by atoms with van der Waals surface area (Å²) in [4.78, 5) is 12.8. The van der Waals surface area contributed by atoms with Crippen LogP contribution < -0.4 is 14.8 Å². The van der Waals surface area contributed by atoms with Crippen molar-refractivity contribution < 1.29 is 14.3 Å². The zero-order valence-corrected chi connectivity index (χ0v) is 18.3. The fourth-order valence-corrected chi connectivity index (χ4v) is 3.96. The molecule has 0 saturated heterocycles. The van der Waals surface area contributed by atoms with Gasteiger partial charge in [-0.1, -0.05) is 24.6 Å². The average molecular weight is 421 g/mol. The van der Waals surface area contributed by atoms with Crippen LogP contribution in [-0.4, -0.2) is 34.9 Å². The summed E-state index contributed by atoms with van der Waals surface area (Å²) in [5, 5.41) is 11.9. The summed E-state index contributed by atoms with van der Waals surface area (Å²) in [5.74, 6) is 3.13. The fourth-order valence-electron chi connectivity index (χ4n) is 3.96. The third kappa shape index (κ3) is 4.55. The normalized spacial score (nSPS) is 13.3. The second-order valence-electron chi connectivity index (χ2n) is 7.83. The Kier molecular flexibility index (Phi) is 6.21. The van der Waals surface area contributed by atoms with Crippen molar-refractivity contribution in [2.24, 2.45) is 0 Å². The van der Waals surface area contributed by atoms with Crippen LogP contribution in [0.5, 0.6) is 11.5 Å². The quantitative estimate of drug-likeness (QED) is 0.647. The third-order valence-electron chi connectivity index (χ3n) is 5.72. The number of nitrogens with one attached hydrogen (secondary N) is 1. The fraction of sp³-hybridized carbons (Fsp3) is 0.375. The minimum Gasteiger partial charge on any atom is -0.497 e. The molecule has 1 aromatic heterocycles. The van der Waals surface area contributed by atoms with E-state index in [9.17, 15) is 4.79 Å². The van der Waals surface area contributed by atoms with E-state index in [4.69, 9.17) is 9.47 Å². The number of carbonyl (C=O) groups excluding carboxylic acids is 1. The summed E-state index contributed by atoms with van der Waals surface area (Å²) in [6.07, 6.45) is 4.68. The Hall–Kier alpha value is -3.35. The number of benzene rings is 2. The van der Waals surface area contributed by atoms with E-state index in [2.05, 4.69) is 20.1 Å². The molecule has 7 nitrogen and oxygen atoms in total. The molecular weight excluding hydrogens is 392 g/mol. The van der Waals surface area contributed by atoms with Crippen LogP contribution in [0.3, 0.4) is 0 Å². The van der Waals surface area contributed by atoms with Crippen molar-refractivity contribution in [1.82, 2.24) is 14.8 Å². The molecule has 4 rings (SSSR count). The van der Waals surface area contributed by atoms with E-state index in [1.807, 2.05) is 37.3 Å². The molecule has 31 heavy (non-hydrogen) atoms. The van der Waals surface area contributed by atoms with E-state index in [0.29, 0.717) is 11.5 Å². The molecule has 2 heterocycles. The first-order chi connectivity index (χ1) is 15.1. The molecule has 7 heteroatoms. The Morgan fingerprint density at radius 3 is 2.74 bits per heavy atom. The maximum atomic E-state index is 12.8. The first-order valence-corrected chi connectivity index (χ1v) is 10.6. The molecule has 0 unspecified atom stereocenters. The van der Waals surface area contributed by atoms with Crippen LogP contribution in [0.15, 0.2) is 36.4 Å². The molecule has 0 radical (unpaired) electrons. The maximum absolute atomic E-state index is 12.8. The maximum Gasteiger partial charge on any atom is 0.228 e. The number of carbonyl (C=O) groups is 1. The van der Waals surface area contributed by atoms with Crippen molar-refractivity contribution >= 4 is 11.6 Å². The lowest BCUT2D eigenvalue weighted by molar-refractivity contribution is -0.115. The van der Waals surface area contributed by atoms with Gasteiger partial charge in [-0.05, 0) is 37.5 Å². The van der Waals surface area contributed by atoms with Crippen LogP contribution in [0.2, 0.25) is 0 Å². The minimum atomic E-state index is -0.108. The SMILES string of the molecule is COc1ccc(CC(=O)Nc2cc(-c3nnc4n3CCCCC4)ccc2C)c(OC)c1. The molecule has 0 aliphatic carbocycles. The molecular formula is C24H28N4O3. The standard InChI is InChI=1S/C24H28N4O3/c1-16-8-9-18(24-27-26-22-7-5-4-6-12-28(22)24)13-20(16)25-23(29)14-17-10-11-19(30-2)15-21(17)31-3/h8-11,13,15H,4-7,12,14H2,1-3H3,(H,25,29). The van der Waals surface area contributed by atoms with E-state index in [1.54, 1.807) is 20.3 Å². The number of fused-ring (bicyclic) bond motifs is 1. The Morgan fingerprint density at radius 1 is 1.06 bits per heavy atom. The highest BCUT2D eigenvalue weighted by Gasteiger charge is 2.17. The van der Waals surface area contributed by atoms with Gasteiger partial charge >= 0.3 is 0 Å². The Morgan fingerprint density at radius 2 is 1.94 bits per heavy atom. The molecule has 0 atom stereocenters. The summed E-state index contributed by atoms with van der Waals surface area (Å²) in [6, 6.07) is 11.5. The predicted octanol–water partition coefficient (Wildman–Crippen LogP) is 4.18. The highest BCUT2D eigenvalue weighted by atomic mass is 16.5. The number of aromatic nitrogens is 3. The molecule has 3 aromatic rings. The van der Waals surface area contributed by atoms with E-state index in [1.165, 1.54) is 6.42 Å². The van der Waals surface area contributed by atoms with Gasteiger partial charge in [0.2, 0.25) is 5.91 Å². The summed E-state index contributed by atoms with van der Waals surface area (Å²) >= 11 is 0. The topological polar surface area (TPSA) is 78.3 Å². The van der Waals surface area contributed by atoms with Crippen LogP contribution in [0.4, 0.5) is 5.69 Å². The highest BCUT2D eigenvalue weighted by Crippen LogP contribution is 2.28. The summed E-state index contributed by atoms with van der Waals surface area (Å²) in [5.41, 5.74) is 3.54. The van der Waals surface area contributed by atoms with Crippen LogP contribution in [-0.2, 0) is 24.2 Å². The zero-order valence-electron chi connectivity index (χ0n) is 18.3. The van der Waals surface area contributed by atoms with Gasteiger partial charge in [-0.25, -0.2) is 0 Å². The highest BCUT2D eigenvalue weighted by molar-refractivity contribution is 5.94.